The van der Waals surface area contributed by atoms with E-state index >= 15 is 0 Å². The van der Waals surface area contributed by atoms with Crippen LogP contribution in [-0.4, -0.2) is 58.7 Å². The number of hydrogen-bond acceptors (Lipinski definition) is 6. The van der Waals surface area contributed by atoms with E-state index in [1.807, 2.05) is 18.2 Å². The Balaban J connectivity index is 2.28. The van der Waals surface area contributed by atoms with E-state index in [0.717, 1.165) is 36.4 Å². The van der Waals surface area contributed by atoms with Crippen molar-refractivity contribution < 1.29 is 27.9 Å². The zero-order valence-corrected chi connectivity index (χ0v) is 30.7. The number of carbonyl (C=O) groups is 2. The topological polar surface area (TPSA) is 71.1 Å². The average molecular weight is 633 g/mol. The van der Waals surface area contributed by atoms with Gasteiger partial charge in [0.2, 0.25) is 8.32 Å². The molecule has 0 amide bonds. The molecule has 0 N–H and O–H groups in total. The van der Waals surface area contributed by atoms with E-state index in [1.54, 1.807) is 0 Å². The molecule has 2 aliphatic rings. The first-order chi connectivity index (χ1) is 20.4. The van der Waals surface area contributed by atoms with E-state index in [1.165, 1.54) is 0 Å². The average Bonchev–Trinajstić information content (AvgIpc) is 3.20. The number of aldehydes is 1. The zero-order valence-electron chi connectivity index (χ0n) is 28.7. The molecule has 1 aromatic carbocycles. The highest BCUT2D eigenvalue weighted by Crippen LogP contribution is 2.54. The van der Waals surface area contributed by atoms with Gasteiger partial charge in [0, 0.05) is 6.42 Å². The Bertz CT molecular complexity index is 996. The van der Waals surface area contributed by atoms with E-state index in [0.29, 0.717) is 42.5 Å². The van der Waals surface area contributed by atoms with Crippen LogP contribution in [0.2, 0.25) is 34.8 Å². The summed E-state index contributed by atoms with van der Waals surface area (Å²) in [5.41, 5.74) is 0.958. The summed E-state index contributed by atoms with van der Waals surface area (Å²) in [4.78, 5) is 26.4. The Morgan fingerprint density at radius 1 is 0.884 bits per heavy atom. The maximum atomic E-state index is 14.9. The second kappa shape index (κ2) is 15.4. The van der Waals surface area contributed by atoms with Crippen molar-refractivity contribution in [3.8, 4) is 0 Å². The summed E-state index contributed by atoms with van der Waals surface area (Å²) in [5, 5.41) is 0. The van der Waals surface area contributed by atoms with Gasteiger partial charge in [-0.1, -0.05) is 106 Å². The normalized spacial score (nSPS) is 27.9. The summed E-state index contributed by atoms with van der Waals surface area (Å²) in [6, 6.07) is 13.1. The molecule has 0 spiro atoms. The Labute approximate surface area is 264 Å². The molecule has 0 radical (unpaired) electrons. The Morgan fingerprint density at radius 3 is 1.95 bits per heavy atom. The highest BCUT2D eigenvalue weighted by Gasteiger charge is 2.70. The fourth-order valence-corrected chi connectivity index (χ4v) is 16.8. The summed E-state index contributed by atoms with van der Waals surface area (Å²) in [6.45, 7) is 22.9. The van der Waals surface area contributed by atoms with E-state index < -0.39 is 52.6 Å². The highest BCUT2D eigenvalue weighted by atomic mass is 28.4. The van der Waals surface area contributed by atoms with E-state index in [4.69, 9.17) is 18.3 Å². The van der Waals surface area contributed by atoms with Crippen LogP contribution < -0.4 is 0 Å². The third kappa shape index (κ3) is 6.99. The third-order valence-electron chi connectivity index (χ3n) is 10.8. The molecule has 43 heavy (non-hydrogen) atoms. The van der Waals surface area contributed by atoms with Gasteiger partial charge in [0.05, 0.1) is 24.7 Å². The zero-order chi connectivity index (χ0) is 32.0. The van der Waals surface area contributed by atoms with E-state index in [-0.39, 0.29) is 5.78 Å². The standard InChI is InChI=1S/C35H60O6Si2/c1-11-22-35-33(37)30(29(39-35)21-18-23-36)31(40-42(12-2,13-3)14-4)32(38-24-28-19-16-15-17-20-28)34(35)41-43(25(5)6,26(7)8)27(9)10/h15-17,19-20,23,25-27,29-32,34H,11-14,18,21-22,24H2,1-10H3/t29-,30+,31-,32+,34-,35+/m1/s1. The maximum Gasteiger partial charge on any atom is 0.201 e. The van der Waals surface area contributed by atoms with Crippen molar-refractivity contribution in [2.24, 2.45) is 5.92 Å². The van der Waals surface area contributed by atoms with Gasteiger partial charge in [-0.2, -0.15) is 0 Å². The summed E-state index contributed by atoms with van der Waals surface area (Å²) in [6.07, 6.45) is 1.23. The van der Waals surface area contributed by atoms with Crippen LogP contribution in [0.4, 0.5) is 0 Å². The molecule has 2 fully saturated rings. The first-order valence-electron chi connectivity index (χ1n) is 17.1. The largest absolute Gasteiger partial charge is 0.410 e. The second-order valence-corrected chi connectivity index (χ2v) is 24.0. The molecular formula is C35H60O6Si2. The van der Waals surface area contributed by atoms with Crippen molar-refractivity contribution in [1.82, 2.24) is 0 Å². The molecule has 3 rings (SSSR count). The Hall–Kier alpha value is -1.17. The predicted molar refractivity (Wildman–Crippen MR) is 179 cm³/mol. The predicted octanol–water partition coefficient (Wildman–Crippen LogP) is 8.64. The minimum absolute atomic E-state index is 0.102. The quantitative estimate of drug-likeness (QED) is 0.119. The van der Waals surface area contributed by atoms with Crippen molar-refractivity contribution in [3.05, 3.63) is 35.9 Å². The van der Waals surface area contributed by atoms with Crippen molar-refractivity contribution in [1.29, 1.82) is 0 Å². The first-order valence-corrected chi connectivity index (χ1v) is 21.8. The minimum atomic E-state index is -2.48. The smallest absolute Gasteiger partial charge is 0.201 e. The van der Waals surface area contributed by atoms with Crippen molar-refractivity contribution in [2.45, 2.75) is 166 Å². The van der Waals surface area contributed by atoms with Crippen LogP contribution in [0.3, 0.4) is 0 Å². The van der Waals surface area contributed by atoms with Gasteiger partial charge in [0.1, 0.15) is 18.5 Å². The van der Waals surface area contributed by atoms with Gasteiger partial charge in [-0.25, -0.2) is 0 Å². The van der Waals surface area contributed by atoms with Gasteiger partial charge in [-0.3, -0.25) is 4.79 Å². The summed E-state index contributed by atoms with van der Waals surface area (Å²) < 4.78 is 29.0. The number of ketones is 1. The van der Waals surface area contributed by atoms with Crippen LogP contribution in [0.5, 0.6) is 0 Å². The van der Waals surface area contributed by atoms with Crippen LogP contribution in [0.25, 0.3) is 0 Å². The highest BCUT2D eigenvalue weighted by molar-refractivity contribution is 6.77. The molecule has 1 aliphatic heterocycles. The van der Waals surface area contributed by atoms with Crippen LogP contribution in [0, 0.1) is 5.92 Å². The number of carbonyl (C=O) groups excluding carboxylic acids is 2. The summed E-state index contributed by atoms with van der Waals surface area (Å²) >= 11 is 0. The molecule has 0 unspecified atom stereocenters. The number of rotatable bonds is 18. The Kier molecular flexibility index (Phi) is 13.0. The van der Waals surface area contributed by atoms with Crippen LogP contribution in [0.15, 0.2) is 30.3 Å². The van der Waals surface area contributed by atoms with Gasteiger partial charge in [-0.15, -0.1) is 0 Å². The fourth-order valence-electron chi connectivity index (χ4n) is 8.40. The SMILES string of the molecule is CCC[C@]12O[C@H](CCC=O)[C@H](C1=O)[C@@H](O[Si](CC)(CC)CC)[C@H](OCc1ccccc1)[C@H]2O[Si](C(C)C)(C(C)C)C(C)C. The number of ether oxygens (including phenoxy) is 2. The second-order valence-electron chi connectivity index (χ2n) is 13.9. The molecule has 2 bridgehead atoms. The lowest BCUT2D eigenvalue weighted by Crippen LogP contribution is -2.69. The molecule has 6 nitrogen and oxygen atoms in total. The van der Waals surface area contributed by atoms with Gasteiger partial charge >= 0.3 is 0 Å². The van der Waals surface area contributed by atoms with E-state index in [2.05, 4.69) is 81.4 Å². The van der Waals surface area contributed by atoms with Gasteiger partial charge in [0.25, 0.3) is 0 Å². The fraction of sp³-hybridized carbons (Fsp3) is 0.771. The van der Waals surface area contributed by atoms with Gasteiger partial charge in [0.15, 0.2) is 19.7 Å². The lowest BCUT2D eigenvalue weighted by molar-refractivity contribution is -0.190. The Morgan fingerprint density at radius 2 is 1.47 bits per heavy atom. The monoisotopic (exact) mass is 632 g/mol. The summed E-state index contributed by atoms with van der Waals surface area (Å²) in [7, 11) is -4.67. The van der Waals surface area contributed by atoms with Crippen LogP contribution in [-0.2, 0) is 34.5 Å². The molecule has 0 aromatic heterocycles. The third-order valence-corrected chi connectivity index (χ3v) is 21.5. The molecular weight excluding hydrogens is 573 g/mol. The van der Waals surface area contributed by atoms with Gasteiger partial charge < -0.3 is 23.1 Å². The molecule has 1 aliphatic carbocycles. The van der Waals surface area contributed by atoms with Crippen molar-refractivity contribution in [3.63, 3.8) is 0 Å². The number of fused-ring (bicyclic) bond motifs is 2. The minimum Gasteiger partial charge on any atom is -0.410 e. The molecule has 6 atom stereocenters. The molecule has 244 valence electrons. The molecule has 1 saturated carbocycles. The number of hydrogen-bond donors (Lipinski definition) is 0. The first kappa shape index (κ1) is 36.3. The van der Waals surface area contributed by atoms with Crippen LogP contribution in [0.1, 0.15) is 100 Å². The number of Topliss-reactive ketones (excluding diaryl/α,β-unsaturated/α-hetero) is 1. The molecule has 1 aromatic rings. The van der Waals surface area contributed by atoms with E-state index in [9.17, 15) is 9.59 Å². The molecule has 8 heteroatoms. The van der Waals surface area contributed by atoms with Gasteiger partial charge in [-0.05, 0) is 53.2 Å². The molecule has 1 saturated heterocycles. The maximum absolute atomic E-state index is 14.9. The lowest BCUT2D eigenvalue weighted by atomic mass is 9.70. The van der Waals surface area contributed by atoms with Crippen LogP contribution >= 0.6 is 0 Å². The van der Waals surface area contributed by atoms with Crippen molar-refractivity contribution >= 4 is 28.7 Å². The summed E-state index contributed by atoms with van der Waals surface area (Å²) in [5.74, 6) is -0.373. The number of benzene rings is 1. The lowest BCUT2D eigenvalue weighted by Gasteiger charge is -2.53. The molecule has 1 heterocycles. The van der Waals surface area contributed by atoms with Crippen molar-refractivity contribution in [2.75, 3.05) is 0 Å².